The maximum atomic E-state index is 13.2. The zero-order valence-corrected chi connectivity index (χ0v) is 21.2. The highest BCUT2D eigenvalue weighted by Gasteiger charge is 2.46. The number of aliphatic hydroxyl groups excluding tert-OH is 1. The van der Waals surface area contributed by atoms with E-state index in [-0.39, 0.29) is 11.5 Å². The van der Waals surface area contributed by atoms with Gasteiger partial charge in [-0.15, -0.1) is 11.3 Å². The quantitative estimate of drug-likeness (QED) is 0.365. The Kier molecular flexibility index (Phi) is 7.29. The van der Waals surface area contributed by atoms with Crippen molar-refractivity contribution in [2.45, 2.75) is 36.9 Å². The van der Waals surface area contributed by atoms with Gasteiger partial charge in [-0.2, -0.15) is 0 Å². The molecule has 1 aliphatic carbocycles. The second kappa shape index (κ2) is 10.6. The van der Waals surface area contributed by atoms with Crippen LogP contribution in [0.15, 0.2) is 66.7 Å². The van der Waals surface area contributed by atoms with Crippen LogP contribution in [0.2, 0.25) is 4.34 Å². The van der Waals surface area contributed by atoms with Crippen molar-refractivity contribution >= 4 is 45.6 Å². The van der Waals surface area contributed by atoms with E-state index in [9.17, 15) is 14.7 Å². The molecule has 1 aromatic heterocycles. The molecule has 3 aromatic rings. The van der Waals surface area contributed by atoms with Crippen LogP contribution in [-0.2, 0) is 14.9 Å². The average molecular weight is 526 g/mol. The first-order valence-electron chi connectivity index (χ1n) is 12.0. The Bertz CT molecular complexity index is 1210. The Hall–Kier alpha value is -2.91. The normalized spacial score (nSPS) is 19.4. The third kappa shape index (κ3) is 5.90. The summed E-state index contributed by atoms with van der Waals surface area (Å²) in [6, 6.07) is 20.1. The molecule has 2 aliphatic rings. The number of likely N-dealkylation sites (tertiary alicyclic amines) is 1. The van der Waals surface area contributed by atoms with Gasteiger partial charge in [0.2, 0.25) is 6.10 Å². The number of carbonyl (C=O) groups is 2. The number of rotatable bonds is 8. The molecule has 2 atom stereocenters. The average Bonchev–Trinajstić information content (AvgIpc) is 3.36. The number of benzene rings is 2. The summed E-state index contributed by atoms with van der Waals surface area (Å²) in [5, 5.41) is 15.9. The van der Waals surface area contributed by atoms with Gasteiger partial charge in [0.1, 0.15) is 0 Å². The molecular weight excluding hydrogens is 498 g/mol. The maximum absolute atomic E-state index is 13.2. The van der Waals surface area contributed by atoms with Crippen LogP contribution in [0.5, 0.6) is 0 Å². The molecule has 9 heteroatoms. The monoisotopic (exact) mass is 525 g/mol. The van der Waals surface area contributed by atoms with Crippen molar-refractivity contribution < 1.29 is 19.4 Å². The summed E-state index contributed by atoms with van der Waals surface area (Å²) in [7, 11) is 0. The molecule has 0 radical (unpaired) electrons. The van der Waals surface area contributed by atoms with Crippen molar-refractivity contribution in [1.29, 1.82) is 0 Å². The van der Waals surface area contributed by atoms with Crippen LogP contribution in [-0.4, -0.2) is 47.7 Å². The number of ether oxygens (including phenoxy) is 1. The fourth-order valence-corrected chi connectivity index (χ4v) is 5.64. The van der Waals surface area contributed by atoms with E-state index >= 15 is 0 Å². The fraction of sp³-hybridized carbons (Fsp3) is 0.333. The number of nitrogens with zero attached hydrogens (tertiary/aromatic N) is 1. The first-order valence-corrected chi connectivity index (χ1v) is 13.2. The molecule has 7 nitrogen and oxygen atoms in total. The Morgan fingerprint density at radius 2 is 1.83 bits per heavy atom. The summed E-state index contributed by atoms with van der Waals surface area (Å²) in [5.74, 6) is -0.444. The molecule has 1 saturated carbocycles. The van der Waals surface area contributed by atoms with E-state index in [4.69, 9.17) is 16.3 Å². The van der Waals surface area contributed by atoms with E-state index in [0.29, 0.717) is 20.6 Å². The molecule has 1 saturated heterocycles. The number of hydrogen-bond donors (Lipinski definition) is 3. The molecule has 0 bridgehead atoms. The van der Waals surface area contributed by atoms with Gasteiger partial charge in [0.25, 0.3) is 5.91 Å². The molecule has 188 valence electrons. The van der Waals surface area contributed by atoms with Crippen LogP contribution in [0.1, 0.15) is 36.5 Å². The van der Waals surface area contributed by atoms with E-state index in [1.165, 1.54) is 16.9 Å². The molecule has 1 unspecified atom stereocenters. The predicted molar refractivity (Wildman–Crippen MR) is 142 cm³/mol. The second-order valence-electron chi connectivity index (χ2n) is 9.45. The molecule has 2 amide bonds. The number of β-amino-alcohol motifs (C(OH)–C–C–N with tert-alkyl or cyclic N) is 1. The van der Waals surface area contributed by atoms with Crippen molar-refractivity contribution in [3.05, 3.63) is 82.2 Å². The van der Waals surface area contributed by atoms with Crippen LogP contribution in [0.3, 0.4) is 0 Å². The van der Waals surface area contributed by atoms with Gasteiger partial charge in [0.15, 0.2) is 0 Å². The van der Waals surface area contributed by atoms with Gasteiger partial charge in [-0.25, -0.2) is 4.79 Å². The lowest BCUT2D eigenvalue weighted by Gasteiger charge is -2.24. The smallest absolute Gasteiger partial charge is 0.413 e. The summed E-state index contributed by atoms with van der Waals surface area (Å²) in [5.41, 5.74) is 2.57. The third-order valence-corrected chi connectivity index (χ3v) is 7.90. The first kappa shape index (κ1) is 24.8. The Balaban J connectivity index is 1.25. The summed E-state index contributed by atoms with van der Waals surface area (Å²) < 4.78 is 6.07. The number of halogens is 1. The Morgan fingerprint density at radius 3 is 2.44 bits per heavy atom. The molecule has 36 heavy (non-hydrogen) atoms. The zero-order chi connectivity index (χ0) is 25.1. The topological polar surface area (TPSA) is 90.9 Å². The summed E-state index contributed by atoms with van der Waals surface area (Å²) in [6.45, 7) is 2.62. The van der Waals surface area contributed by atoms with Crippen molar-refractivity contribution in [1.82, 2.24) is 4.90 Å². The maximum Gasteiger partial charge on any atom is 0.413 e. The van der Waals surface area contributed by atoms with Crippen LogP contribution in [0.25, 0.3) is 0 Å². The van der Waals surface area contributed by atoms with Crippen LogP contribution >= 0.6 is 22.9 Å². The van der Waals surface area contributed by atoms with Crippen molar-refractivity contribution in [3.8, 4) is 0 Å². The van der Waals surface area contributed by atoms with Crippen molar-refractivity contribution in [2.24, 2.45) is 0 Å². The second-order valence-corrected chi connectivity index (χ2v) is 11.2. The van der Waals surface area contributed by atoms with E-state index in [1.807, 2.05) is 18.2 Å². The number of amides is 2. The minimum Gasteiger partial charge on any atom is -0.431 e. The molecule has 5 rings (SSSR count). The third-order valence-electron chi connectivity index (χ3n) is 6.76. The Labute approximate surface area is 219 Å². The van der Waals surface area contributed by atoms with Crippen molar-refractivity contribution in [3.63, 3.8) is 0 Å². The van der Waals surface area contributed by atoms with E-state index in [0.717, 1.165) is 38.9 Å². The van der Waals surface area contributed by atoms with Gasteiger partial charge in [-0.1, -0.05) is 54.1 Å². The molecular formula is C27H28ClN3O4S. The number of carbonyl (C=O) groups excluding carboxylic acids is 2. The number of thiophene rings is 1. The summed E-state index contributed by atoms with van der Waals surface area (Å²) >= 11 is 7.13. The molecule has 3 N–H and O–H groups in total. The van der Waals surface area contributed by atoms with Crippen LogP contribution in [0, 0.1) is 0 Å². The van der Waals surface area contributed by atoms with Gasteiger partial charge >= 0.3 is 6.09 Å². The van der Waals surface area contributed by atoms with Gasteiger partial charge in [-0.3, -0.25) is 15.0 Å². The van der Waals surface area contributed by atoms with Gasteiger partial charge in [0.05, 0.1) is 15.4 Å². The number of aliphatic hydroxyl groups is 1. The van der Waals surface area contributed by atoms with Crippen LogP contribution < -0.4 is 10.6 Å². The van der Waals surface area contributed by atoms with Gasteiger partial charge in [-0.05, 0) is 49.1 Å². The van der Waals surface area contributed by atoms with E-state index < -0.39 is 18.1 Å². The lowest BCUT2D eigenvalue weighted by Crippen LogP contribution is -2.31. The zero-order valence-electron chi connectivity index (χ0n) is 19.7. The molecule has 2 aromatic carbocycles. The van der Waals surface area contributed by atoms with E-state index in [2.05, 4.69) is 27.7 Å². The number of nitrogens with one attached hydrogen (secondary N) is 2. The fourth-order valence-electron chi connectivity index (χ4n) is 4.71. The van der Waals surface area contributed by atoms with Gasteiger partial charge < -0.3 is 15.2 Å². The SMILES string of the molecule is O=C(Nc1ccc(Cl)s1)OC(C(=O)Nc1ccc(C2(CN3CC[C@@H](O)C3)CC2)cc1)c1ccccc1. The summed E-state index contributed by atoms with van der Waals surface area (Å²) in [6.07, 6.45) is 1.00. The number of hydrogen-bond acceptors (Lipinski definition) is 6. The first-order chi connectivity index (χ1) is 17.4. The van der Waals surface area contributed by atoms with Crippen molar-refractivity contribution in [2.75, 3.05) is 30.3 Å². The molecule has 1 aliphatic heterocycles. The highest BCUT2D eigenvalue weighted by Crippen LogP contribution is 2.49. The lowest BCUT2D eigenvalue weighted by molar-refractivity contribution is -0.124. The minimum atomic E-state index is -1.13. The standard InChI is InChI=1S/C27H28ClN3O4S/c28-22-10-11-23(36-22)30-26(34)35-24(18-4-2-1-3-5-18)25(33)29-20-8-6-19(7-9-20)27(13-14-27)17-31-15-12-21(32)16-31/h1-11,21,24,32H,12-17H2,(H,29,33)(H,30,34)/t21-,24?/m1/s1. The molecule has 2 heterocycles. The minimum absolute atomic E-state index is 0.130. The highest BCUT2D eigenvalue weighted by molar-refractivity contribution is 7.20. The predicted octanol–water partition coefficient (Wildman–Crippen LogP) is 5.43. The molecule has 0 spiro atoms. The summed E-state index contributed by atoms with van der Waals surface area (Å²) in [4.78, 5) is 28.1. The molecule has 2 fully saturated rings. The lowest BCUT2D eigenvalue weighted by atomic mass is 9.95. The Morgan fingerprint density at radius 1 is 1.08 bits per heavy atom. The van der Waals surface area contributed by atoms with Gasteiger partial charge in [0, 0.05) is 36.3 Å². The largest absolute Gasteiger partial charge is 0.431 e. The van der Waals surface area contributed by atoms with E-state index in [1.54, 1.807) is 36.4 Å². The van der Waals surface area contributed by atoms with Crippen LogP contribution in [0.4, 0.5) is 15.5 Å². The number of anilines is 2. The highest BCUT2D eigenvalue weighted by atomic mass is 35.5.